The second kappa shape index (κ2) is 4.94. The minimum atomic E-state index is -0.0585. The number of fused-ring (bicyclic) bond motifs is 2. The van der Waals surface area contributed by atoms with Gasteiger partial charge in [0, 0.05) is 27.2 Å². The van der Waals surface area contributed by atoms with Gasteiger partial charge in [0.05, 0.1) is 22.5 Å². The van der Waals surface area contributed by atoms with E-state index in [1.54, 1.807) is 6.07 Å². The molecule has 1 aromatic heterocycles. The van der Waals surface area contributed by atoms with Crippen LogP contribution in [0.15, 0.2) is 60.7 Å². The Balaban J connectivity index is 1.98. The number of hydrogen-bond donors (Lipinski definition) is 1. The van der Waals surface area contributed by atoms with Crippen LogP contribution in [-0.4, -0.2) is 15.6 Å². The molecule has 0 fully saturated rings. The Hall–Kier alpha value is -3.11. The van der Waals surface area contributed by atoms with Gasteiger partial charge in [0.15, 0.2) is 5.78 Å². The van der Waals surface area contributed by atoms with Crippen molar-refractivity contribution in [1.82, 2.24) is 9.78 Å². The molecular formula is C20H12ClN3O. The highest BCUT2D eigenvalue weighted by Crippen LogP contribution is 2.42. The minimum absolute atomic E-state index is 0.0585. The van der Waals surface area contributed by atoms with Crippen LogP contribution in [0.5, 0.6) is 0 Å². The van der Waals surface area contributed by atoms with Crippen LogP contribution in [0.1, 0.15) is 15.9 Å². The number of nitrogens with two attached hydrogens (primary N) is 1. The second-order valence-corrected chi connectivity index (χ2v) is 6.48. The van der Waals surface area contributed by atoms with Gasteiger partial charge in [-0.15, -0.1) is 0 Å². The van der Waals surface area contributed by atoms with E-state index in [1.807, 2.05) is 59.3 Å². The minimum Gasteiger partial charge on any atom is -0.398 e. The number of rotatable bonds is 1. The molecule has 0 atom stereocenters. The molecule has 1 aliphatic rings. The lowest BCUT2D eigenvalue weighted by Crippen LogP contribution is -2.13. The molecule has 4 nitrogen and oxygen atoms in total. The van der Waals surface area contributed by atoms with E-state index in [2.05, 4.69) is 0 Å². The number of halogens is 1. The first-order chi connectivity index (χ1) is 12.1. The first-order valence-electron chi connectivity index (χ1n) is 7.86. The largest absolute Gasteiger partial charge is 0.398 e. The van der Waals surface area contributed by atoms with Crippen molar-refractivity contribution in [2.75, 3.05) is 5.73 Å². The zero-order valence-electron chi connectivity index (χ0n) is 13.0. The average Bonchev–Trinajstić information content (AvgIpc) is 3.00. The van der Waals surface area contributed by atoms with Crippen LogP contribution >= 0.6 is 11.6 Å². The number of nitrogens with zero attached hydrogens (tertiary/aromatic N) is 2. The molecule has 0 radical (unpaired) electrons. The van der Waals surface area contributed by atoms with Crippen molar-refractivity contribution in [2.24, 2.45) is 0 Å². The molecule has 0 unspecified atom stereocenters. The van der Waals surface area contributed by atoms with Crippen LogP contribution in [0, 0.1) is 0 Å². The van der Waals surface area contributed by atoms with Crippen molar-refractivity contribution in [3.63, 3.8) is 0 Å². The lowest BCUT2D eigenvalue weighted by atomic mass is 9.86. The fraction of sp³-hybridized carbons (Fsp3) is 0. The molecule has 0 spiro atoms. The van der Waals surface area contributed by atoms with Gasteiger partial charge in [-0.3, -0.25) is 4.79 Å². The maximum atomic E-state index is 13.0. The summed E-state index contributed by atoms with van der Waals surface area (Å²) in [5.41, 5.74) is 11.1. The molecule has 5 heteroatoms. The highest BCUT2D eigenvalue weighted by Gasteiger charge is 2.31. The number of anilines is 1. The number of carbonyl (C=O) groups is 1. The quantitative estimate of drug-likeness (QED) is 0.456. The summed E-state index contributed by atoms with van der Waals surface area (Å²) in [6.45, 7) is 0. The zero-order chi connectivity index (χ0) is 17.1. The molecule has 4 aromatic rings. The first-order valence-corrected chi connectivity index (χ1v) is 8.24. The smallest absolute Gasteiger partial charge is 0.196 e. The molecule has 1 aliphatic carbocycles. The Morgan fingerprint density at radius 1 is 0.960 bits per heavy atom. The summed E-state index contributed by atoms with van der Waals surface area (Å²) >= 11 is 6.17. The Kier molecular flexibility index (Phi) is 2.82. The van der Waals surface area contributed by atoms with Crippen LogP contribution in [0.4, 0.5) is 5.69 Å². The molecule has 0 bridgehead atoms. The maximum absolute atomic E-state index is 13.0. The molecule has 3 aromatic carbocycles. The molecule has 120 valence electrons. The molecule has 25 heavy (non-hydrogen) atoms. The van der Waals surface area contributed by atoms with E-state index in [-0.39, 0.29) is 5.78 Å². The molecule has 0 amide bonds. The Labute approximate surface area is 148 Å². The lowest BCUT2D eigenvalue weighted by molar-refractivity contribution is 0.104. The predicted octanol–water partition coefficient (Wildman–Crippen LogP) is 4.47. The predicted molar refractivity (Wildman–Crippen MR) is 99.4 cm³/mol. The number of nitrogen functional groups attached to an aromatic ring is 1. The van der Waals surface area contributed by atoms with Crippen molar-refractivity contribution < 1.29 is 4.79 Å². The van der Waals surface area contributed by atoms with Crippen molar-refractivity contribution in [2.45, 2.75) is 0 Å². The number of carbonyl (C=O) groups excluding carboxylic acids is 1. The monoisotopic (exact) mass is 345 g/mol. The number of benzene rings is 3. The van der Waals surface area contributed by atoms with E-state index in [0.717, 1.165) is 27.8 Å². The number of aromatic nitrogens is 2. The molecule has 2 N–H and O–H groups in total. The van der Waals surface area contributed by atoms with Gasteiger partial charge in [-0.05, 0) is 30.3 Å². The molecule has 0 saturated heterocycles. The van der Waals surface area contributed by atoms with Crippen LogP contribution < -0.4 is 5.73 Å². The van der Waals surface area contributed by atoms with E-state index in [1.165, 1.54) is 0 Å². The SMILES string of the molecule is Nc1ccc2nn(-c3cccc(Cl)c3)c3c2c1C(=O)c1ccccc1-3. The summed E-state index contributed by atoms with van der Waals surface area (Å²) in [6.07, 6.45) is 0. The third-order valence-electron chi connectivity index (χ3n) is 4.58. The average molecular weight is 346 g/mol. The van der Waals surface area contributed by atoms with Crippen LogP contribution in [0.2, 0.25) is 5.02 Å². The third kappa shape index (κ3) is 1.88. The fourth-order valence-electron chi connectivity index (χ4n) is 3.50. The Bertz CT molecular complexity index is 1190. The topological polar surface area (TPSA) is 60.9 Å². The van der Waals surface area contributed by atoms with Crippen molar-refractivity contribution in [1.29, 1.82) is 0 Å². The lowest BCUT2D eigenvalue weighted by Gasteiger charge is -2.18. The van der Waals surface area contributed by atoms with Gasteiger partial charge in [-0.1, -0.05) is 41.9 Å². The van der Waals surface area contributed by atoms with E-state index in [0.29, 0.717) is 21.8 Å². The van der Waals surface area contributed by atoms with Gasteiger partial charge < -0.3 is 5.73 Å². The summed E-state index contributed by atoms with van der Waals surface area (Å²) in [6, 6.07) is 18.6. The summed E-state index contributed by atoms with van der Waals surface area (Å²) in [7, 11) is 0. The van der Waals surface area contributed by atoms with Crippen molar-refractivity contribution in [3.8, 4) is 16.9 Å². The number of hydrogen-bond acceptors (Lipinski definition) is 3. The zero-order valence-corrected chi connectivity index (χ0v) is 13.8. The van der Waals surface area contributed by atoms with Crippen molar-refractivity contribution in [3.05, 3.63) is 76.8 Å². The second-order valence-electron chi connectivity index (χ2n) is 6.04. The van der Waals surface area contributed by atoms with Gasteiger partial charge in [0.2, 0.25) is 0 Å². The van der Waals surface area contributed by atoms with Gasteiger partial charge in [-0.25, -0.2) is 4.68 Å². The standard InChI is InChI=1S/C20H12ClN3O/c21-11-4-3-5-12(10-11)24-19-13-6-1-2-7-14(13)20(25)17-15(22)8-9-16(23-24)18(17)19/h1-10H,22H2. The van der Waals surface area contributed by atoms with Gasteiger partial charge >= 0.3 is 0 Å². The van der Waals surface area contributed by atoms with Gasteiger partial charge in [0.1, 0.15) is 0 Å². The van der Waals surface area contributed by atoms with Crippen molar-refractivity contribution >= 4 is 34.0 Å². The molecule has 0 aliphatic heterocycles. The fourth-order valence-corrected chi connectivity index (χ4v) is 3.69. The normalized spacial score (nSPS) is 12.4. The van der Waals surface area contributed by atoms with E-state index in [9.17, 15) is 4.79 Å². The third-order valence-corrected chi connectivity index (χ3v) is 4.81. The highest BCUT2D eigenvalue weighted by atomic mass is 35.5. The van der Waals surface area contributed by atoms with Crippen LogP contribution in [0.3, 0.4) is 0 Å². The first kappa shape index (κ1) is 14.3. The van der Waals surface area contributed by atoms with Crippen LogP contribution in [0.25, 0.3) is 27.8 Å². The van der Waals surface area contributed by atoms with E-state index in [4.69, 9.17) is 22.4 Å². The van der Waals surface area contributed by atoms with Crippen LogP contribution in [-0.2, 0) is 0 Å². The Morgan fingerprint density at radius 3 is 2.56 bits per heavy atom. The molecule has 1 heterocycles. The molecular weight excluding hydrogens is 334 g/mol. The van der Waals surface area contributed by atoms with Gasteiger partial charge in [0.25, 0.3) is 0 Å². The highest BCUT2D eigenvalue weighted by molar-refractivity contribution is 6.31. The maximum Gasteiger partial charge on any atom is 0.196 e. The van der Waals surface area contributed by atoms with E-state index >= 15 is 0 Å². The molecule has 5 rings (SSSR count). The van der Waals surface area contributed by atoms with Gasteiger partial charge in [-0.2, -0.15) is 5.10 Å². The summed E-state index contributed by atoms with van der Waals surface area (Å²) in [5.74, 6) is -0.0585. The molecule has 0 saturated carbocycles. The Morgan fingerprint density at radius 2 is 1.76 bits per heavy atom. The van der Waals surface area contributed by atoms with E-state index < -0.39 is 0 Å². The summed E-state index contributed by atoms with van der Waals surface area (Å²) in [5, 5.41) is 6.14. The number of ketones is 1. The summed E-state index contributed by atoms with van der Waals surface area (Å²) in [4.78, 5) is 13.0. The summed E-state index contributed by atoms with van der Waals surface area (Å²) < 4.78 is 1.84.